The number of rotatable bonds is 1. The van der Waals surface area contributed by atoms with E-state index < -0.39 is 0 Å². The Balaban J connectivity index is 0. The van der Waals surface area contributed by atoms with E-state index in [4.69, 9.17) is 0 Å². The summed E-state index contributed by atoms with van der Waals surface area (Å²) in [5, 5.41) is 0. The predicted octanol–water partition coefficient (Wildman–Crippen LogP) is 4.70. The molecular weight excluding hydrogens is 156 g/mol. The molecule has 0 fully saturated rings. The lowest BCUT2D eigenvalue weighted by atomic mass is 9.96. The van der Waals surface area contributed by atoms with Crippen LogP contribution in [0.1, 0.15) is 51.3 Å². The minimum absolute atomic E-state index is 0. The highest BCUT2D eigenvalue weighted by atomic mass is 14.1. The molecule has 0 heteroatoms. The summed E-state index contributed by atoms with van der Waals surface area (Å²) in [6.45, 7) is 8.80. The minimum atomic E-state index is 0. The lowest BCUT2D eigenvalue weighted by molar-refractivity contribution is 0.854. The molecule has 1 rings (SSSR count). The minimum Gasteiger partial charge on any atom is -0.0776 e. The fourth-order valence-corrected chi connectivity index (χ4v) is 1.38. The average Bonchev–Trinajstić information content (AvgIpc) is 1.94. The lowest BCUT2D eigenvalue weighted by Crippen LogP contribution is -1.91. The third kappa shape index (κ3) is 3.63. The van der Waals surface area contributed by atoms with Crippen molar-refractivity contribution in [2.24, 2.45) is 0 Å². The zero-order valence-corrected chi connectivity index (χ0v) is 7.81. The van der Waals surface area contributed by atoms with Crippen LogP contribution in [0.3, 0.4) is 0 Å². The van der Waals surface area contributed by atoms with Crippen molar-refractivity contribution in [2.75, 3.05) is 0 Å². The molecule has 0 saturated heterocycles. The molecule has 0 aliphatic rings. The van der Waals surface area contributed by atoms with Crippen molar-refractivity contribution < 1.29 is 0 Å². The predicted molar refractivity (Wildman–Crippen MR) is 63.5 cm³/mol. The van der Waals surface area contributed by atoms with E-state index in [-0.39, 0.29) is 14.9 Å². The van der Waals surface area contributed by atoms with Gasteiger partial charge in [0.05, 0.1) is 0 Å². The van der Waals surface area contributed by atoms with E-state index >= 15 is 0 Å². The van der Waals surface area contributed by atoms with Crippen molar-refractivity contribution in [3.8, 4) is 0 Å². The van der Waals surface area contributed by atoms with Crippen molar-refractivity contribution in [1.29, 1.82) is 0 Å². The van der Waals surface area contributed by atoms with Crippen LogP contribution in [0.2, 0.25) is 0 Å². The van der Waals surface area contributed by atoms with E-state index in [1.165, 1.54) is 16.7 Å². The Labute approximate surface area is 84.0 Å². The van der Waals surface area contributed by atoms with E-state index in [9.17, 15) is 0 Å². The third-order valence-corrected chi connectivity index (χ3v) is 2.06. The molecule has 0 saturated carbocycles. The van der Waals surface area contributed by atoms with Crippen LogP contribution in [-0.2, 0) is 0 Å². The molecule has 0 unspecified atom stereocenters. The first-order chi connectivity index (χ1) is 5.11. The van der Waals surface area contributed by atoms with E-state index in [0.29, 0.717) is 5.92 Å². The first kappa shape index (κ1) is 14.7. The maximum Gasteiger partial charge on any atom is -0.0216 e. The molecule has 0 amide bonds. The second-order valence-corrected chi connectivity index (χ2v) is 3.51. The molecule has 0 atom stereocenters. The second-order valence-electron chi connectivity index (χ2n) is 3.51. The molecule has 76 valence electrons. The first-order valence-corrected chi connectivity index (χ1v) is 4.18. The van der Waals surface area contributed by atoms with Crippen molar-refractivity contribution in [3.63, 3.8) is 0 Å². The van der Waals surface area contributed by atoms with Gasteiger partial charge in [-0.2, -0.15) is 0 Å². The highest BCUT2D eigenvalue weighted by Gasteiger charge is 2.01. The fourth-order valence-electron chi connectivity index (χ4n) is 1.38. The van der Waals surface area contributed by atoms with E-state index in [0.717, 1.165) is 0 Å². The number of aryl methyl sites for hydroxylation is 2. The van der Waals surface area contributed by atoms with Crippen molar-refractivity contribution in [3.05, 3.63) is 34.9 Å². The number of benzene rings is 1. The van der Waals surface area contributed by atoms with Gasteiger partial charge in [0.2, 0.25) is 0 Å². The molecule has 13 heavy (non-hydrogen) atoms. The van der Waals surface area contributed by atoms with Crippen LogP contribution in [0.25, 0.3) is 0 Å². The SMILES string of the molecule is C.C.Cc1ccc(C)c(C(C)C)c1. The van der Waals surface area contributed by atoms with E-state index in [1.54, 1.807) is 0 Å². The molecule has 1 aromatic carbocycles. The summed E-state index contributed by atoms with van der Waals surface area (Å²) in [6, 6.07) is 6.64. The highest BCUT2D eigenvalue weighted by Crippen LogP contribution is 2.19. The smallest absolute Gasteiger partial charge is 0.0216 e. The Morgan fingerprint density at radius 2 is 1.54 bits per heavy atom. The van der Waals surface area contributed by atoms with Crippen LogP contribution in [0.5, 0.6) is 0 Å². The first-order valence-electron chi connectivity index (χ1n) is 4.18. The molecular formula is C13H24. The van der Waals surface area contributed by atoms with Gasteiger partial charge in [-0.15, -0.1) is 0 Å². The maximum absolute atomic E-state index is 2.28. The molecule has 0 nitrogen and oxygen atoms in total. The highest BCUT2D eigenvalue weighted by molar-refractivity contribution is 5.32. The summed E-state index contributed by atoms with van der Waals surface area (Å²) in [5.41, 5.74) is 4.25. The molecule has 0 aromatic heterocycles. The largest absolute Gasteiger partial charge is 0.0776 e. The van der Waals surface area contributed by atoms with Gasteiger partial charge in [0.15, 0.2) is 0 Å². The summed E-state index contributed by atoms with van der Waals surface area (Å²) in [4.78, 5) is 0. The van der Waals surface area contributed by atoms with Gasteiger partial charge in [0, 0.05) is 0 Å². The van der Waals surface area contributed by atoms with Crippen LogP contribution in [0.4, 0.5) is 0 Å². The Bertz CT molecular complexity index is 246. The molecule has 0 heterocycles. The van der Waals surface area contributed by atoms with E-state index in [2.05, 4.69) is 45.9 Å². The Hall–Kier alpha value is -0.780. The van der Waals surface area contributed by atoms with Gasteiger partial charge < -0.3 is 0 Å². The van der Waals surface area contributed by atoms with Crippen LogP contribution < -0.4 is 0 Å². The summed E-state index contributed by atoms with van der Waals surface area (Å²) >= 11 is 0. The topological polar surface area (TPSA) is 0 Å². The van der Waals surface area contributed by atoms with Crippen LogP contribution >= 0.6 is 0 Å². The Kier molecular flexibility index (Phi) is 6.57. The molecule has 0 aliphatic carbocycles. The van der Waals surface area contributed by atoms with Crippen molar-refractivity contribution in [2.45, 2.75) is 48.5 Å². The van der Waals surface area contributed by atoms with E-state index in [1.807, 2.05) is 0 Å². The fraction of sp³-hybridized carbons (Fsp3) is 0.538. The molecule has 0 N–H and O–H groups in total. The van der Waals surface area contributed by atoms with Crippen LogP contribution in [0.15, 0.2) is 18.2 Å². The summed E-state index contributed by atoms with van der Waals surface area (Å²) in [5.74, 6) is 0.648. The molecule has 0 radical (unpaired) electrons. The Morgan fingerprint density at radius 3 is 1.92 bits per heavy atom. The lowest BCUT2D eigenvalue weighted by Gasteiger charge is -2.09. The zero-order chi connectivity index (χ0) is 8.43. The second kappa shape index (κ2) is 5.80. The summed E-state index contributed by atoms with van der Waals surface area (Å²) < 4.78 is 0. The van der Waals surface area contributed by atoms with Crippen LogP contribution in [0, 0.1) is 13.8 Å². The van der Waals surface area contributed by atoms with Crippen molar-refractivity contribution in [1.82, 2.24) is 0 Å². The molecule has 0 aliphatic heterocycles. The average molecular weight is 180 g/mol. The third-order valence-electron chi connectivity index (χ3n) is 2.06. The van der Waals surface area contributed by atoms with Gasteiger partial charge in [0.1, 0.15) is 0 Å². The summed E-state index contributed by atoms with van der Waals surface area (Å²) in [6.07, 6.45) is 0. The normalized spacial score (nSPS) is 9.00. The molecule has 1 aromatic rings. The molecule has 0 spiro atoms. The number of hydrogen-bond acceptors (Lipinski definition) is 0. The van der Waals surface area contributed by atoms with Gasteiger partial charge in [-0.05, 0) is 30.9 Å². The Morgan fingerprint density at radius 1 is 1.00 bits per heavy atom. The maximum atomic E-state index is 2.28. The quantitative estimate of drug-likeness (QED) is 0.587. The monoisotopic (exact) mass is 180 g/mol. The zero-order valence-electron chi connectivity index (χ0n) is 7.81. The molecule has 0 bridgehead atoms. The number of hydrogen-bond donors (Lipinski definition) is 0. The summed E-state index contributed by atoms with van der Waals surface area (Å²) in [7, 11) is 0. The van der Waals surface area contributed by atoms with Gasteiger partial charge in [-0.1, -0.05) is 52.5 Å². The van der Waals surface area contributed by atoms with Gasteiger partial charge in [-0.3, -0.25) is 0 Å². The standard InChI is InChI=1S/C11H16.2CH4/c1-8(2)11-7-9(3)5-6-10(11)4;;/h5-8H,1-4H3;2*1H4. The van der Waals surface area contributed by atoms with Gasteiger partial charge in [0.25, 0.3) is 0 Å². The van der Waals surface area contributed by atoms with Gasteiger partial charge >= 0.3 is 0 Å². The van der Waals surface area contributed by atoms with Crippen molar-refractivity contribution >= 4 is 0 Å². The van der Waals surface area contributed by atoms with Crippen LogP contribution in [-0.4, -0.2) is 0 Å². The van der Waals surface area contributed by atoms with Gasteiger partial charge in [-0.25, -0.2) is 0 Å².